The highest BCUT2D eigenvalue weighted by molar-refractivity contribution is 5.77. The van der Waals surface area contributed by atoms with Crippen molar-refractivity contribution in [2.45, 2.75) is 12.5 Å². The molecule has 0 amide bonds. The first kappa shape index (κ1) is 8.93. The standard InChI is InChI=1S/C8H15N3O2/c9-11-4-2-10(3-5-11)7-1-6-13-8(7)12/h7H,1-6,9H2. The van der Waals surface area contributed by atoms with Crippen LogP contribution in [0.1, 0.15) is 6.42 Å². The topological polar surface area (TPSA) is 58.8 Å². The molecule has 0 bridgehead atoms. The zero-order valence-electron chi connectivity index (χ0n) is 7.61. The van der Waals surface area contributed by atoms with Crippen LogP contribution in [0.4, 0.5) is 0 Å². The zero-order chi connectivity index (χ0) is 9.26. The van der Waals surface area contributed by atoms with Gasteiger partial charge in [0.05, 0.1) is 6.61 Å². The number of rotatable bonds is 1. The molecule has 0 saturated carbocycles. The number of nitrogens with two attached hydrogens (primary N) is 1. The molecule has 1 unspecified atom stereocenters. The summed E-state index contributed by atoms with van der Waals surface area (Å²) in [6, 6.07) is -0.00583. The average Bonchev–Trinajstić information content (AvgIpc) is 2.53. The van der Waals surface area contributed by atoms with Gasteiger partial charge in [0, 0.05) is 32.6 Å². The van der Waals surface area contributed by atoms with Crippen LogP contribution in [0.2, 0.25) is 0 Å². The van der Waals surface area contributed by atoms with Gasteiger partial charge in [0.25, 0.3) is 0 Å². The lowest BCUT2D eigenvalue weighted by Gasteiger charge is -2.34. The zero-order valence-corrected chi connectivity index (χ0v) is 7.61. The molecule has 0 aliphatic carbocycles. The van der Waals surface area contributed by atoms with Crippen molar-refractivity contribution in [3.8, 4) is 0 Å². The third kappa shape index (κ3) is 1.82. The SMILES string of the molecule is NN1CCN(C2CCOC2=O)CC1. The number of hydrogen-bond donors (Lipinski definition) is 1. The van der Waals surface area contributed by atoms with Crippen molar-refractivity contribution in [1.29, 1.82) is 0 Å². The number of carbonyl (C=O) groups excluding carboxylic acids is 1. The normalized spacial score (nSPS) is 32.1. The highest BCUT2D eigenvalue weighted by atomic mass is 16.5. The molecule has 2 heterocycles. The Labute approximate surface area is 77.4 Å². The minimum absolute atomic E-state index is 0.00583. The van der Waals surface area contributed by atoms with Crippen molar-refractivity contribution in [2.24, 2.45) is 5.84 Å². The maximum Gasteiger partial charge on any atom is 0.323 e. The van der Waals surface area contributed by atoms with E-state index >= 15 is 0 Å². The van der Waals surface area contributed by atoms with E-state index in [1.54, 1.807) is 5.01 Å². The second-order valence-corrected chi connectivity index (χ2v) is 3.54. The molecule has 0 aromatic rings. The van der Waals surface area contributed by atoms with Gasteiger partial charge in [-0.15, -0.1) is 0 Å². The molecule has 2 saturated heterocycles. The summed E-state index contributed by atoms with van der Waals surface area (Å²) in [5.41, 5.74) is 0. The highest BCUT2D eigenvalue weighted by Gasteiger charge is 2.33. The monoisotopic (exact) mass is 185 g/mol. The number of esters is 1. The number of hydrogen-bond acceptors (Lipinski definition) is 5. The molecule has 0 aromatic heterocycles. The van der Waals surface area contributed by atoms with E-state index in [-0.39, 0.29) is 12.0 Å². The fourth-order valence-electron chi connectivity index (χ4n) is 1.87. The summed E-state index contributed by atoms with van der Waals surface area (Å²) in [5, 5.41) is 1.79. The number of hydrazine groups is 1. The van der Waals surface area contributed by atoms with Gasteiger partial charge in [-0.05, 0) is 0 Å². The summed E-state index contributed by atoms with van der Waals surface area (Å²) in [5.74, 6) is 5.56. The Kier molecular flexibility index (Phi) is 2.48. The average molecular weight is 185 g/mol. The molecule has 2 rings (SSSR count). The van der Waals surface area contributed by atoms with Crippen LogP contribution in [0.15, 0.2) is 0 Å². The number of piperazine rings is 1. The summed E-state index contributed by atoms with van der Waals surface area (Å²) < 4.78 is 4.92. The summed E-state index contributed by atoms with van der Waals surface area (Å²) in [7, 11) is 0. The summed E-state index contributed by atoms with van der Waals surface area (Å²) >= 11 is 0. The van der Waals surface area contributed by atoms with Crippen LogP contribution in [0.3, 0.4) is 0 Å². The Hall–Kier alpha value is -0.650. The summed E-state index contributed by atoms with van der Waals surface area (Å²) in [4.78, 5) is 13.4. The predicted octanol–water partition coefficient (Wildman–Crippen LogP) is -1.21. The van der Waals surface area contributed by atoms with Gasteiger partial charge >= 0.3 is 5.97 Å². The van der Waals surface area contributed by atoms with E-state index in [9.17, 15) is 4.79 Å². The fourth-order valence-corrected chi connectivity index (χ4v) is 1.87. The minimum Gasteiger partial charge on any atom is -0.464 e. The first-order valence-corrected chi connectivity index (χ1v) is 4.68. The Morgan fingerprint density at radius 2 is 2.00 bits per heavy atom. The van der Waals surface area contributed by atoms with Gasteiger partial charge < -0.3 is 4.74 Å². The van der Waals surface area contributed by atoms with Crippen molar-refractivity contribution in [1.82, 2.24) is 9.91 Å². The van der Waals surface area contributed by atoms with Gasteiger partial charge in [-0.2, -0.15) is 0 Å². The summed E-state index contributed by atoms with van der Waals surface area (Å²) in [6.45, 7) is 3.99. The van der Waals surface area contributed by atoms with E-state index in [1.807, 2.05) is 0 Å². The maximum absolute atomic E-state index is 11.2. The van der Waals surface area contributed by atoms with Crippen LogP contribution in [-0.4, -0.2) is 54.7 Å². The van der Waals surface area contributed by atoms with Gasteiger partial charge in [0.1, 0.15) is 6.04 Å². The molecular formula is C8H15N3O2. The molecule has 0 spiro atoms. The van der Waals surface area contributed by atoms with Gasteiger partial charge in [-0.25, -0.2) is 5.01 Å². The van der Waals surface area contributed by atoms with Gasteiger partial charge in [-0.3, -0.25) is 15.5 Å². The Morgan fingerprint density at radius 1 is 1.31 bits per heavy atom. The van der Waals surface area contributed by atoms with Crippen LogP contribution >= 0.6 is 0 Å². The molecule has 5 nitrogen and oxygen atoms in total. The van der Waals surface area contributed by atoms with Crippen LogP contribution in [0.5, 0.6) is 0 Å². The molecule has 2 aliphatic rings. The molecular weight excluding hydrogens is 170 g/mol. The lowest BCUT2D eigenvalue weighted by Crippen LogP contribution is -2.53. The van der Waals surface area contributed by atoms with Crippen molar-refractivity contribution in [3.63, 3.8) is 0 Å². The second kappa shape index (κ2) is 3.61. The van der Waals surface area contributed by atoms with Crippen LogP contribution in [0, 0.1) is 0 Å². The van der Waals surface area contributed by atoms with Gasteiger partial charge in [0.15, 0.2) is 0 Å². The third-order valence-corrected chi connectivity index (χ3v) is 2.70. The Morgan fingerprint density at radius 3 is 2.54 bits per heavy atom. The molecule has 2 fully saturated rings. The highest BCUT2D eigenvalue weighted by Crippen LogP contribution is 2.15. The summed E-state index contributed by atoms with van der Waals surface area (Å²) in [6.07, 6.45) is 0.837. The van der Waals surface area contributed by atoms with Crippen molar-refractivity contribution in [3.05, 3.63) is 0 Å². The predicted molar refractivity (Wildman–Crippen MR) is 46.7 cm³/mol. The Bertz CT molecular complexity index is 202. The third-order valence-electron chi connectivity index (χ3n) is 2.70. The lowest BCUT2D eigenvalue weighted by atomic mass is 10.2. The Balaban J connectivity index is 1.90. The molecule has 2 N–H and O–H groups in total. The van der Waals surface area contributed by atoms with E-state index in [4.69, 9.17) is 10.6 Å². The van der Waals surface area contributed by atoms with Crippen molar-refractivity contribution in [2.75, 3.05) is 32.8 Å². The first-order valence-electron chi connectivity index (χ1n) is 4.68. The van der Waals surface area contributed by atoms with E-state index < -0.39 is 0 Å². The lowest BCUT2D eigenvalue weighted by molar-refractivity contribution is -0.142. The van der Waals surface area contributed by atoms with E-state index in [0.717, 1.165) is 32.6 Å². The maximum atomic E-state index is 11.2. The van der Waals surface area contributed by atoms with Crippen molar-refractivity contribution < 1.29 is 9.53 Å². The number of nitrogens with zero attached hydrogens (tertiary/aromatic N) is 2. The first-order chi connectivity index (χ1) is 6.27. The molecule has 0 aromatic carbocycles. The molecule has 0 radical (unpaired) electrons. The molecule has 74 valence electrons. The molecule has 5 heteroatoms. The number of carbonyl (C=O) groups is 1. The second-order valence-electron chi connectivity index (χ2n) is 3.54. The minimum atomic E-state index is -0.0644. The van der Waals surface area contributed by atoms with E-state index in [1.165, 1.54) is 0 Å². The van der Waals surface area contributed by atoms with E-state index in [0.29, 0.717) is 6.61 Å². The van der Waals surface area contributed by atoms with Gasteiger partial charge in [0.2, 0.25) is 0 Å². The molecule has 13 heavy (non-hydrogen) atoms. The van der Waals surface area contributed by atoms with Crippen molar-refractivity contribution >= 4 is 5.97 Å². The van der Waals surface area contributed by atoms with Crippen LogP contribution < -0.4 is 5.84 Å². The number of cyclic esters (lactones) is 1. The van der Waals surface area contributed by atoms with Gasteiger partial charge in [-0.1, -0.05) is 0 Å². The smallest absolute Gasteiger partial charge is 0.323 e. The molecule has 1 atom stereocenters. The largest absolute Gasteiger partial charge is 0.464 e. The fraction of sp³-hybridized carbons (Fsp3) is 0.875. The molecule has 2 aliphatic heterocycles. The quantitative estimate of drug-likeness (QED) is 0.410. The van der Waals surface area contributed by atoms with Crippen LogP contribution in [-0.2, 0) is 9.53 Å². The van der Waals surface area contributed by atoms with Crippen LogP contribution in [0.25, 0.3) is 0 Å². The number of ether oxygens (including phenoxy) is 1. The van der Waals surface area contributed by atoms with E-state index in [2.05, 4.69) is 4.90 Å².